The van der Waals surface area contributed by atoms with Crippen molar-refractivity contribution in [1.82, 2.24) is 5.32 Å². The topological polar surface area (TPSA) is 14.1 Å². The number of nitrogens with zero attached hydrogens (tertiary/aromatic N) is 1. The van der Waals surface area contributed by atoms with E-state index in [1.165, 1.54) is 12.8 Å². The molecule has 0 amide bonds. The molecule has 0 aliphatic carbocycles. The summed E-state index contributed by atoms with van der Waals surface area (Å²) in [6, 6.07) is 1.06. The molecule has 0 aromatic heterocycles. The molecule has 9 heavy (non-hydrogen) atoms. The Morgan fingerprint density at radius 3 is 2.11 bits per heavy atom. The van der Waals surface area contributed by atoms with Crippen LogP contribution in [-0.4, -0.2) is 12.1 Å². The van der Waals surface area contributed by atoms with E-state index < -0.39 is 0 Å². The van der Waals surface area contributed by atoms with Gasteiger partial charge in [0.15, 0.2) is 0 Å². The normalized spacial score (nSPS) is 39.1. The largest absolute Gasteiger partial charge is 0.227 e. The van der Waals surface area contributed by atoms with Crippen LogP contribution < -0.4 is 5.32 Å². The molecule has 1 radical (unpaired) electrons. The minimum atomic E-state index is 0.532. The summed E-state index contributed by atoms with van der Waals surface area (Å²) >= 11 is 0. The Bertz CT molecular complexity index is 140. The molecule has 2 aliphatic rings. The number of hydrogen-bond donors (Lipinski definition) is 0. The first kappa shape index (κ1) is 5.24. The fourth-order valence-corrected chi connectivity index (χ4v) is 1.41. The minimum Gasteiger partial charge on any atom is -0.227 e. The lowest BCUT2D eigenvalue weighted by Gasteiger charge is -1.99. The molecule has 1 nitrogen and oxygen atoms in total. The first-order valence-corrected chi connectivity index (χ1v) is 3.50. The predicted molar refractivity (Wildman–Crippen MR) is 37.2 cm³/mol. The van der Waals surface area contributed by atoms with Crippen LogP contribution in [0.2, 0.25) is 0 Å². The van der Waals surface area contributed by atoms with E-state index >= 15 is 0 Å². The zero-order chi connectivity index (χ0) is 6.10. The summed E-state index contributed by atoms with van der Waals surface area (Å²) < 4.78 is 0. The van der Waals surface area contributed by atoms with Crippen molar-refractivity contribution in [2.75, 3.05) is 0 Å². The Morgan fingerprint density at radius 2 is 1.56 bits per heavy atom. The Labute approximate surface area is 55.5 Å². The first-order valence-electron chi connectivity index (χ1n) is 3.50. The Kier molecular flexibility index (Phi) is 1.16. The Hall–Kier alpha value is -0.560. The summed E-state index contributed by atoms with van der Waals surface area (Å²) in [5, 5.41) is 4.51. The Balaban J connectivity index is 2.20. The highest BCUT2D eigenvalue weighted by atomic mass is 15.0. The van der Waals surface area contributed by atoms with Gasteiger partial charge in [0.1, 0.15) is 0 Å². The second-order valence-electron chi connectivity index (χ2n) is 2.63. The maximum Gasteiger partial charge on any atom is 0.0436 e. The maximum atomic E-state index is 4.51. The van der Waals surface area contributed by atoms with Crippen LogP contribution in [0, 0.1) is 0 Å². The summed E-state index contributed by atoms with van der Waals surface area (Å²) in [4.78, 5) is 0. The number of rotatable bonds is 0. The van der Waals surface area contributed by atoms with E-state index in [1.807, 2.05) is 0 Å². The Morgan fingerprint density at radius 1 is 1.00 bits per heavy atom. The summed E-state index contributed by atoms with van der Waals surface area (Å²) in [7, 11) is 0. The van der Waals surface area contributed by atoms with Crippen molar-refractivity contribution < 1.29 is 0 Å². The van der Waals surface area contributed by atoms with Crippen LogP contribution in [0.4, 0.5) is 0 Å². The van der Waals surface area contributed by atoms with E-state index in [-0.39, 0.29) is 0 Å². The van der Waals surface area contributed by atoms with Gasteiger partial charge in [0.05, 0.1) is 0 Å². The molecule has 2 heterocycles. The third-order valence-electron chi connectivity index (χ3n) is 1.92. The van der Waals surface area contributed by atoms with Crippen LogP contribution in [-0.2, 0) is 0 Å². The van der Waals surface area contributed by atoms with Crippen molar-refractivity contribution in [2.45, 2.75) is 24.9 Å². The van der Waals surface area contributed by atoms with E-state index in [1.54, 1.807) is 0 Å². The minimum absolute atomic E-state index is 0.532. The molecule has 0 saturated carbocycles. The molecule has 1 saturated heterocycles. The maximum absolute atomic E-state index is 4.51. The molecule has 2 aliphatic heterocycles. The highest BCUT2D eigenvalue weighted by molar-refractivity contribution is 5.16. The van der Waals surface area contributed by atoms with Crippen LogP contribution in [0.1, 0.15) is 12.8 Å². The quantitative estimate of drug-likeness (QED) is 0.457. The number of fused-ring (bicyclic) bond motifs is 2. The first-order chi connectivity index (χ1) is 4.45. The van der Waals surface area contributed by atoms with Gasteiger partial charge >= 0.3 is 0 Å². The van der Waals surface area contributed by atoms with Gasteiger partial charge in [0.25, 0.3) is 0 Å². The van der Waals surface area contributed by atoms with Crippen LogP contribution in [0.5, 0.6) is 0 Å². The molecular formula is C8H10N. The van der Waals surface area contributed by atoms with Crippen molar-refractivity contribution in [3.8, 4) is 0 Å². The lowest BCUT2D eigenvalue weighted by molar-refractivity contribution is 0.659. The monoisotopic (exact) mass is 120 g/mol. The zero-order valence-corrected chi connectivity index (χ0v) is 5.33. The van der Waals surface area contributed by atoms with Gasteiger partial charge in [0.2, 0.25) is 0 Å². The third-order valence-corrected chi connectivity index (χ3v) is 1.92. The standard InChI is InChI=1S/C8H10N/c1-2-4-8-6-5-7(3-1)9-8/h1-4,7-8H,5-6H2. The van der Waals surface area contributed by atoms with E-state index in [2.05, 4.69) is 29.6 Å². The van der Waals surface area contributed by atoms with Gasteiger partial charge in [-0.05, 0) is 12.8 Å². The second kappa shape index (κ2) is 1.99. The van der Waals surface area contributed by atoms with Crippen LogP contribution in [0.15, 0.2) is 24.3 Å². The molecule has 0 N–H and O–H groups in total. The van der Waals surface area contributed by atoms with Crippen molar-refractivity contribution in [1.29, 1.82) is 0 Å². The zero-order valence-electron chi connectivity index (χ0n) is 5.33. The summed E-state index contributed by atoms with van der Waals surface area (Å²) in [5.74, 6) is 0. The lowest BCUT2D eigenvalue weighted by atomic mass is 10.1. The molecule has 2 rings (SSSR count). The molecule has 0 aromatic carbocycles. The average molecular weight is 120 g/mol. The number of allylic oxidation sites excluding steroid dienone is 2. The van der Waals surface area contributed by atoms with Gasteiger partial charge in [-0.25, -0.2) is 5.32 Å². The highest BCUT2D eigenvalue weighted by Crippen LogP contribution is 2.18. The van der Waals surface area contributed by atoms with Crippen molar-refractivity contribution >= 4 is 0 Å². The van der Waals surface area contributed by atoms with E-state index in [9.17, 15) is 0 Å². The lowest BCUT2D eigenvalue weighted by Crippen LogP contribution is -2.16. The SMILES string of the molecule is C1=CC2CCC(C=C1)[N]2. The summed E-state index contributed by atoms with van der Waals surface area (Å²) in [6.45, 7) is 0. The fraction of sp³-hybridized carbons (Fsp3) is 0.500. The van der Waals surface area contributed by atoms with Crippen molar-refractivity contribution in [2.24, 2.45) is 0 Å². The van der Waals surface area contributed by atoms with Crippen molar-refractivity contribution in [3.05, 3.63) is 24.3 Å². The molecule has 2 atom stereocenters. The molecule has 1 fully saturated rings. The summed E-state index contributed by atoms with van der Waals surface area (Å²) in [5.41, 5.74) is 0. The molecule has 47 valence electrons. The molecule has 2 unspecified atom stereocenters. The smallest absolute Gasteiger partial charge is 0.0436 e. The van der Waals surface area contributed by atoms with E-state index in [4.69, 9.17) is 0 Å². The molecule has 0 aromatic rings. The van der Waals surface area contributed by atoms with Crippen LogP contribution >= 0.6 is 0 Å². The fourth-order valence-electron chi connectivity index (χ4n) is 1.41. The van der Waals surface area contributed by atoms with Crippen molar-refractivity contribution in [3.63, 3.8) is 0 Å². The van der Waals surface area contributed by atoms with E-state index in [0.717, 1.165) is 0 Å². The second-order valence-corrected chi connectivity index (χ2v) is 2.63. The van der Waals surface area contributed by atoms with Gasteiger partial charge in [0, 0.05) is 12.1 Å². The summed E-state index contributed by atoms with van der Waals surface area (Å²) in [6.07, 6.45) is 11.1. The molecule has 0 spiro atoms. The van der Waals surface area contributed by atoms with Gasteiger partial charge < -0.3 is 0 Å². The van der Waals surface area contributed by atoms with Gasteiger partial charge in [-0.3, -0.25) is 0 Å². The number of hydrogen-bond acceptors (Lipinski definition) is 0. The predicted octanol–water partition coefficient (Wildman–Crippen LogP) is 1.25. The van der Waals surface area contributed by atoms with Gasteiger partial charge in [-0.1, -0.05) is 24.3 Å². The molecular weight excluding hydrogens is 110 g/mol. The van der Waals surface area contributed by atoms with Crippen LogP contribution in [0.25, 0.3) is 0 Å². The third kappa shape index (κ3) is 0.924. The average Bonchev–Trinajstić information content (AvgIpc) is 2.09. The highest BCUT2D eigenvalue weighted by Gasteiger charge is 2.21. The molecule has 2 bridgehead atoms. The van der Waals surface area contributed by atoms with E-state index in [0.29, 0.717) is 12.1 Å². The van der Waals surface area contributed by atoms with Crippen LogP contribution in [0.3, 0.4) is 0 Å². The van der Waals surface area contributed by atoms with Gasteiger partial charge in [-0.15, -0.1) is 0 Å². The van der Waals surface area contributed by atoms with Gasteiger partial charge in [-0.2, -0.15) is 0 Å². The molecule has 1 heteroatoms.